The molecule has 0 aliphatic carbocycles. The third-order valence-corrected chi connectivity index (χ3v) is 3.06. The van der Waals surface area contributed by atoms with Crippen LogP contribution >= 0.6 is 0 Å². The molecule has 0 aromatic carbocycles. The van der Waals surface area contributed by atoms with Crippen molar-refractivity contribution in [3.8, 4) is 11.5 Å². The molecule has 0 atom stereocenters. The van der Waals surface area contributed by atoms with Crippen molar-refractivity contribution < 1.29 is 9.36 Å². The molecule has 6 heteroatoms. The van der Waals surface area contributed by atoms with Gasteiger partial charge < -0.3 is 4.52 Å². The van der Waals surface area contributed by atoms with Crippen molar-refractivity contribution in [1.29, 1.82) is 0 Å². The summed E-state index contributed by atoms with van der Waals surface area (Å²) in [6.07, 6.45) is 3.59. The second-order valence-corrected chi connectivity index (χ2v) is 5.31. The van der Waals surface area contributed by atoms with Crippen molar-refractivity contribution in [1.82, 2.24) is 15.1 Å². The molecule has 0 unspecified atom stereocenters. The molecule has 2 aromatic rings. The highest BCUT2D eigenvalue weighted by Crippen LogP contribution is 2.21. The summed E-state index contributed by atoms with van der Waals surface area (Å²) < 4.78 is 5.27. The molecular formula is C14H18N4O2. The number of hydrogen-bond acceptors (Lipinski definition) is 6. The second kappa shape index (κ2) is 5.58. The molecule has 6 nitrogen and oxygen atoms in total. The third kappa shape index (κ3) is 2.80. The van der Waals surface area contributed by atoms with E-state index in [9.17, 15) is 0 Å². The van der Waals surface area contributed by atoms with E-state index < -0.39 is 0 Å². The molecule has 0 radical (unpaired) electrons. The van der Waals surface area contributed by atoms with Gasteiger partial charge in [0.15, 0.2) is 11.6 Å². The minimum absolute atomic E-state index is 0.508. The van der Waals surface area contributed by atoms with Gasteiger partial charge in [-0.05, 0) is 24.5 Å². The van der Waals surface area contributed by atoms with Crippen LogP contribution in [-0.4, -0.2) is 28.3 Å². The smallest absolute Gasteiger partial charge is 0.259 e. The van der Waals surface area contributed by atoms with Crippen molar-refractivity contribution in [2.24, 2.45) is 5.92 Å². The standard InChI is InChI=1S/C14H18N4O2/c1-10(2)8-12-16-14(20-17-12)11-4-5-13(15-9-11)18-6-3-7-19-18/h4-5,9-10H,3,6-8H2,1-2H3. The van der Waals surface area contributed by atoms with Gasteiger partial charge in [0.1, 0.15) is 0 Å². The van der Waals surface area contributed by atoms with Gasteiger partial charge in [0.05, 0.1) is 12.2 Å². The molecule has 20 heavy (non-hydrogen) atoms. The summed E-state index contributed by atoms with van der Waals surface area (Å²) in [5, 5.41) is 5.79. The molecule has 0 amide bonds. The average Bonchev–Trinajstić information content (AvgIpc) is 3.09. The summed E-state index contributed by atoms with van der Waals surface area (Å²) in [5.41, 5.74) is 0.829. The van der Waals surface area contributed by atoms with Gasteiger partial charge in [0, 0.05) is 19.2 Å². The second-order valence-electron chi connectivity index (χ2n) is 5.31. The number of hydrogen-bond donors (Lipinski definition) is 0. The van der Waals surface area contributed by atoms with Gasteiger partial charge in [-0.3, -0.25) is 4.84 Å². The summed E-state index contributed by atoms with van der Waals surface area (Å²) in [6, 6.07) is 3.84. The van der Waals surface area contributed by atoms with Crippen LogP contribution in [0.25, 0.3) is 11.5 Å². The van der Waals surface area contributed by atoms with Crippen molar-refractivity contribution in [2.45, 2.75) is 26.7 Å². The Hall–Kier alpha value is -1.95. The van der Waals surface area contributed by atoms with E-state index in [2.05, 4.69) is 29.0 Å². The Morgan fingerprint density at radius 3 is 2.90 bits per heavy atom. The molecule has 1 aliphatic heterocycles. The van der Waals surface area contributed by atoms with E-state index in [1.165, 1.54) is 0 Å². The van der Waals surface area contributed by atoms with Crippen molar-refractivity contribution in [3.05, 3.63) is 24.2 Å². The van der Waals surface area contributed by atoms with Crippen molar-refractivity contribution in [3.63, 3.8) is 0 Å². The SMILES string of the molecule is CC(C)Cc1noc(-c2ccc(N3CCCO3)nc2)n1. The van der Waals surface area contributed by atoms with Crippen LogP contribution in [0.4, 0.5) is 5.82 Å². The Morgan fingerprint density at radius 1 is 1.35 bits per heavy atom. The quantitative estimate of drug-likeness (QED) is 0.853. The maximum absolute atomic E-state index is 5.45. The fourth-order valence-electron chi connectivity index (χ4n) is 2.11. The Labute approximate surface area is 117 Å². The minimum Gasteiger partial charge on any atom is -0.334 e. The predicted molar refractivity (Wildman–Crippen MR) is 74.0 cm³/mol. The zero-order valence-corrected chi connectivity index (χ0v) is 11.7. The van der Waals surface area contributed by atoms with Crippen LogP contribution < -0.4 is 5.06 Å². The van der Waals surface area contributed by atoms with E-state index >= 15 is 0 Å². The highest BCUT2D eigenvalue weighted by atomic mass is 16.7. The number of aromatic nitrogens is 3. The van der Waals surface area contributed by atoms with Gasteiger partial charge in [-0.2, -0.15) is 4.98 Å². The monoisotopic (exact) mass is 274 g/mol. The molecule has 0 saturated carbocycles. The van der Waals surface area contributed by atoms with Crippen LogP contribution in [0, 0.1) is 5.92 Å². The zero-order valence-electron chi connectivity index (χ0n) is 11.7. The minimum atomic E-state index is 0.508. The number of nitrogens with zero attached hydrogens (tertiary/aromatic N) is 4. The maximum atomic E-state index is 5.45. The van der Waals surface area contributed by atoms with Gasteiger partial charge >= 0.3 is 0 Å². The van der Waals surface area contributed by atoms with Crippen LogP contribution in [0.2, 0.25) is 0 Å². The predicted octanol–water partition coefficient (Wildman–Crippen LogP) is 2.47. The van der Waals surface area contributed by atoms with Gasteiger partial charge in [0.25, 0.3) is 5.89 Å². The van der Waals surface area contributed by atoms with Crippen molar-refractivity contribution in [2.75, 3.05) is 18.2 Å². The highest BCUT2D eigenvalue weighted by molar-refractivity contribution is 5.54. The third-order valence-electron chi connectivity index (χ3n) is 3.06. The van der Waals surface area contributed by atoms with Gasteiger partial charge in [0.2, 0.25) is 0 Å². The van der Waals surface area contributed by atoms with Crippen LogP contribution in [0.3, 0.4) is 0 Å². The zero-order chi connectivity index (χ0) is 13.9. The fourth-order valence-corrected chi connectivity index (χ4v) is 2.11. The van der Waals surface area contributed by atoms with E-state index in [4.69, 9.17) is 9.36 Å². The summed E-state index contributed by atoms with van der Waals surface area (Å²) in [6.45, 7) is 5.89. The van der Waals surface area contributed by atoms with Crippen molar-refractivity contribution >= 4 is 5.82 Å². The van der Waals surface area contributed by atoms with E-state index in [-0.39, 0.29) is 0 Å². The van der Waals surface area contributed by atoms with Crippen LogP contribution in [0.5, 0.6) is 0 Å². The van der Waals surface area contributed by atoms with Gasteiger partial charge in [-0.15, -0.1) is 0 Å². The van der Waals surface area contributed by atoms with Crippen LogP contribution in [0.1, 0.15) is 26.1 Å². The first-order valence-corrected chi connectivity index (χ1v) is 6.92. The van der Waals surface area contributed by atoms with Crippen LogP contribution in [-0.2, 0) is 11.3 Å². The Kier molecular flexibility index (Phi) is 3.64. The Balaban J connectivity index is 1.75. The number of anilines is 1. The highest BCUT2D eigenvalue weighted by Gasteiger charge is 2.16. The number of rotatable bonds is 4. The summed E-state index contributed by atoms with van der Waals surface area (Å²) in [5.74, 6) is 2.57. The molecular weight excluding hydrogens is 256 g/mol. The van der Waals surface area contributed by atoms with E-state index in [1.54, 1.807) is 6.20 Å². The molecule has 0 N–H and O–H groups in total. The summed E-state index contributed by atoms with van der Waals surface area (Å²) >= 11 is 0. The first-order valence-electron chi connectivity index (χ1n) is 6.92. The molecule has 1 aliphatic rings. The lowest BCUT2D eigenvalue weighted by molar-refractivity contribution is 0.166. The van der Waals surface area contributed by atoms with E-state index in [0.717, 1.165) is 43.2 Å². The summed E-state index contributed by atoms with van der Waals surface area (Å²) in [4.78, 5) is 14.2. The van der Waals surface area contributed by atoms with E-state index in [1.807, 2.05) is 17.2 Å². The molecule has 3 heterocycles. The number of hydroxylamine groups is 1. The summed E-state index contributed by atoms with van der Waals surface area (Å²) in [7, 11) is 0. The Morgan fingerprint density at radius 2 is 2.25 bits per heavy atom. The molecule has 3 rings (SSSR count). The van der Waals surface area contributed by atoms with Crippen LogP contribution in [0.15, 0.2) is 22.9 Å². The molecule has 0 bridgehead atoms. The Bertz CT molecular complexity index is 559. The molecule has 0 spiro atoms. The largest absolute Gasteiger partial charge is 0.334 e. The van der Waals surface area contributed by atoms with Gasteiger partial charge in [-0.1, -0.05) is 19.0 Å². The molecule has 2 aromatic heterocycles. The normalized spacial score (nSPS) is 15.2. The topological polar surface area (TPSA) is 64.3 Å². The first-order chi connectivity index (χ1) is 9.72. The number of pyridine rings is 1. The van der Waals surface area contributed by atoms with E-state index in [0.29, 0.717) is 11.8 Å². The molecule has 1 fully saturated rings. The van der Waals surface area contributed by atoms with Gasteiger partial charge in [-0.25, -0.2) is 10.0 Å². The maximum Gasteiger partial charge on any atom is 0.259 e. The first kappa shape index (κ1) is 13.1. The average molecular weight is 274 g/mol. The lowest BCUT2D eigenvalue weighted by Gasteiger charge is -2.14. The lowest BCUT2D eigenvalue weighted by Crippen LogP contribution is -2.17. The molecule has 1 saturated heterocycles. The lowest BCUT2D eigenvalue weighted by atomic mass is 10.1. The molecule has 106 valence electrons. The fraction of sp³-hybridized carbons (Fsp3) is 0.500.